The summed E-state index contributed by atoms with van der Waals surface area (Å²) >= 11 is 0. The maximum absolute atomic E-state index is 12.9. The van der Waals surface area contributed by atoms with E-state index < -0.39 is 20.0 Å². The van der Waals surface area contributed by atoms with E-state index in [0.717, 1.165) is 23.0 Å². The van der Waals surface area contributed by atoms with Crippen LogP contribution in [0.3, 0.4) is 0 Å². The Labute approximate surface area is 144 Å². The van der Waals surface area contributed by atoms with E-state index in [1.165, 1.54) is 4.31 Å². The quantitative estimate of drug-likeness (QED) is 0.825. The SMILES string of the molecule is C=CS(=O)(=O)NC[C@H]1CCCN(S(=O)(=O)c2ccc(C)cc2C)C1. The molecule has 1 N–H and O–H groups in total. The van der Waals surface area contributed by atoms with Crippen LogP contribution < -0.4 is 4.72 Å². The van der Waals surface area contributed by atoms with Crippen molar-refractivity contribution in [2.24, 2.45) is 5.92 Å². The second kappa shape index (κ2) is 7.35. The van der Waals surface area contributed by atoms with E-state index in [9.17, 15) is 16.8 Å². The first-order valence-corrected chi connectivity index (χ1v) is 10.8. The fourth-order valence-electron chi connectivity index (χ4n) is 2.93. The topological polar surface area (TPSA) is 83.6 Å². The van der Waals surface area contributed by atoms with Crippen LogP contribution in [0.1, 0.15) is 24.0 Å². The number of hydrogen-bond donors (Lipinski definition) is 1. The summed E-state index contributed by atoms with van der Waals surface area (Å²) < 4.78 is 52.6. The van der Waals surface area contributed by atoms with E-state index in [1.54, 1.807) is 19.1 Å². The zero-order chi connectivity index (χ0) is 18.0. The Morgan fingerprint density at radius 2 is 2.00 bits per heavy atom. The summed E-state index contributed by atoms with van der Waals surface area (Å²) in [6.45, 7) is 7.95. The van der Waals surface area contributed by atoms with Crippen LogP contribution in [0.2, 0.25) is 0 Å². The molecular weight excluding hydrogens is 348 g/mol. The van der Waals surface area contributed by atoms with Crippen LogP contribution in [0.15, 0.2) is 35.1 Å². The molecule has 0 aromatic heterocycles. The molecule has 2 rings (SSSR count). The van der Waals surface area contributed by atoms with Gasteiger partial charge in [-0.25, -0.2) is 21.6 Å². The van der Waals surface area contributed by atoms with Gasteiger partial charge in [-0.1, -0.05) is 24.3 Å². The number of nitrogens with one attached hydrogen (secondary N) is 1. The average Bonchev–Trinajstić information content (AvgIpc) is 2.53. The van der Waals surface area contributed by atoms with Gasteiger partial charge < -0.3 is 0 Å². The minimum Gasteiger partial charge on any atom is -0.211 e. The van der Waals surface area contributed by atoms with Crippen LogP contribution in [-0.2, 0) is 20.0 Å². The van der Waals surface area contributed by atoms with Gasteiger partial charge in [0.2, 0.25) is 20.0 Å². The predicted octanol–water partition coefficient (Wildman–Crippen LogP) is 1.77. The number of sulfonamides is 2. The molecule has 0 spiro atoms. The third-order valence-electron chi connectivity index (χ3n) is 4.22. The van der Waals surface area contributed by atoms with Crippen molar-refractivity contribution in [1.29, 1.82) is 0 Å². The molecule has 1 aromatic rings. The maximum atomic E-state index is 12.9. The van der Waals surface area contributed by atoms with Crippen molar-refractivity contribution < 1.29 is 16.8 Å². The number of aryl methyl sites for hydroxylation is 2. The first-order valence-electron chi connectivity index (χ1n) is 7.85. The molecule has 1 atom stereocenters. The van der Waals surface area contributed by atoms with Crippen LogP contribution in [0.4, 0.5) is 0 Å². The third-order valence-corrected chi connectivity index (χ3v) is 7.26. The summed E-state index contributed by atoms with van der Waals surface area (Å²) in [5.41, 5.74) is 1.74. The number of piperidine rings is 1. The lowest BCUT2D eigenvalue weighted by atomic mass is 10.0. The highest BCUT2D eigenvalue weighted by molar-refractivity contribution is 7.92. The summed E-state index contributed by atoms with van der Waals surface area (Å²) in [7, 11) is -7.06. The van der Waals surface area contributed by atoms with E-state index in [1.807, 2.05) is 13.0 Å². The molecular formula is C16H24N2O4S2. The molecule has 1 saturated heterocycles. The van der Waals surface area contributed by atoms with E-state index in [2.05, 4.69) is 11.3 Å². The summed E-state index contributed by atoms with van der Waals surface area (Å²) in [6, 6.07) is 5.29. The average molecular weight is 373 g/mol. The molecule has 0 bridgehead atoms. The molecule has 24 heavy (non-hydrogen) atoms. The molecule has 0 amide bonds. The van der Waals surface area contributed by atoms with Crippen LogP contribution >= 0.6 is 0 Å². The van der Waals surface area contributed by atoms with Gasteiger partial charge in [0.05, 0.1) is 4.90 Å². The molecule has 1 aromatic carbocycles. The van der Waals surface area contributed by atoms with Gasteiger partial charge >= 0.3 is 0 Å². The molecule has 0 radical (unpaired) electrons. The van der Waals surface area contributed by atoms with Crippen LogP contribution in [0.25, 0.3) is 0 Å². The first kappa shape index (κ1) is 19.1. The molecule has 1 aliphatic heterocycles. The normalized spacial score (nSPS) is 20.0. The second-order valence-electron chi connectivity index (χ2n) is 6.20. The molecule has 0 aliphatic carbocycles. The van der Waals surface area contributed by atoms with Crippen molar-refractivity contribution in [3.8, 4) is 0 Å². The Bertz CT molecular complexity index is 816. The van der Waals surface area contributed by atoms with Gasteiger partial charge in [0, 0.05) is 25.0 Å². The van der Waals surface area contributed by atoms with Gasteiger partial charge in [-0.15, -0.1) is 0 Å². The lowest BCUT2D eigenvalue weighted by molar-refractivity contribution is 0.267. The van der Waals surface area contributed by atoms with E-state index in [-0.39, 0.29) is 12.5 Å². The lowest BCUT2D eigenvalue weighted by Gasteiger charge is -2.32. The minimum absolute atomic E-state index is 0.0472. The molecule has 1 heterocycles. The van der Waals surface area contributed by atoms with Crippen LogP contribution in [-0.4, -0.2) is 40.8 Å². The van der Waals surface area contributed by atoms with Crippen molar-refractivity contribution in [1.82, 2.24) is 9.03 Å². The predicted molar refractivity (Wildman–Crippen MR) is 94.5 cm³/mol. The van der Waals surface area contributed by atoms with Gasteiger partial charge in [-0.05, 0) is 44.2 Å². The van der Waals surface area contributed by atoms with Crippen molar-refractivity contribution in [2.75, 3.05) is 19.6 Å². The van der Waals surface area contributed by atoms with Crippen molar-refractivity contribution in [3.05, 3.63) is 41.3 Å². The Hall–Kier alpha value is -1.22. The van der Waals surface area contributed by atoms with Crippen molar-refractivity contribution in [3.63, 3.8) is 0 Å². The highest BCUT2D eigenvalue weighted by Gasteiger charge is 2.31. The third kappa shape index (κ3) is 4.44. The molecule has 1 aliphatic rings. The summed E-state index contributed by atoms with van der Waals surface area (Å²) in [5, 5.41) is 0.861. The van der Waals surface area contributed by atoms with Crippen molar-refractivity contribution >= 4 is 20.0 Å². The second-order valence-corrected chi connectivity index (χ2v) is 9.82. The van der Waals surface area contributed by atoms with Gasteiger partial charge in [0.1, 0.15) is 0 Å². The molecule has 6 nitrogen and oxygen atoms in total. The fourth-order valence-corrected chi connectivity index (χ4v) is 5.28. The number of benzene rings is 1. The van der Waals surface area contributed by atoms with Gasteiger partial charge in [0.15, 0.2) is 0 Å². The Kier molecular flexibility index (Phi) is 5.85. The highest BCUT2D eigenvalue weighted by Crippen LogP contribution is 2.26. The van der Waals surface area contributed by atoms with Gasteiger partial charge in [0.25, 0.3) is 0 Å². The van der Waals surface area contributed by atoms with E-state index in [0.29, 0.717) is 24.4 Å². The number of hydrogen-bond acceptors (Lipinski definition) is 4. The van der Waals surface area contributed by atoms with Crippen LogP contribution in [0.5, 0.6) is 0 Å². The fraction of sp³-hybridized carbons (Fsp3) is 0.500. The molecule has 134 valence electrons. The Balaban J connectivity index is 2.14. The summed E-state index contributed by atoms with van der Waals surface area (Å²) in [5.74, 6) is -0.0472. The Morgan fingerprint density at radius 1 is 1.29 bits per heavy atom. The summed E-state index contributed by atoms with van der Waals surface area (Å²) in [6.07, 6.45) is 1.50. The zero-order valence-corrected chi connectivity index (χ0v) is 15.7. The van der Waals surface area contributed by atoms with Crippen molar-refractivity contribution in [2.45, 2.75) is 31.6 Å². The monoisotopic (exact) mass is 372 g/mol. The van der Waals surface area contributed by atoms with E-state index >= 15 is 0 Å². The molecule has 0 saturated carbocycles. The largest absolute Gasteiger partial charge is 0.243 e. The lowest BCUT2D eigenvalue weighted by Crippen LogP contribution is -2.43. The minimum atomic E-state index is -3.57. The first-order chi connectivity index (χ1) is 11.2. The smallest absolute Gasteiger partial charge is 0.211 e. The number of rotatable bonds is 6. The standard InChI is InChI=1S/C16H24N2O4S2/c1-4-23(19,20)17-11-15-6-5-9-18(12-15)24(21,22)16-8-7-13(2)10-14(16)3/h4,7-8,10,15,17H,1,5-6,9,11-12H2,2-3H3/t15-/m1/s1. The molecule has 1 fully saturated rings. The zero-order valence-electron chi connectivity index (χ0n) is 14.0. The molecule has 0 unspecified atom stereocenters. The molecule has 8 heteroatoms. The summed E-state index contributed by atoms with van der Waals surface area (Å²) in [4.78, 5) is 0.320. The Morgan fingerprint density at radius 3 is 2.62 bits per heavy atom. The highest BCUT2D eigenvalue weighted by atomic mass is 32.2. The maximum Gasteiger partial charge on any atom is 0.243 e. The van der Waals surface area contributed by atoms with Crippen LogP contribution in [0, 0.1) is 19.8 Å². The number of nitrogens with zero attached hydrogens (tertiary/aromatic N) is 1. The van der Waals surface area contributed by atoms with E-state index in [4.69, 9.17) is 0 Å². The van der Waals surface area contributed by atoms with Gasteiger partial charge in [-0.3, -0.25) is 0 Å². The van der Waals surface area contributed by atoms with Gasteiger partial charge in [-0.2, -0.15) is 4.31 Å².